The highest BCUT2D eigenvalue weighted by Crippen LogP contribution is 2.29. The third kappa shape index (κ3) is 7.56. The summed E-state index contributed by atoms with van der Waals surface area (Å²) in [4.78, 5) is 24.9. The van der Waals surface area contributed by atoms with Crippen molar-refractivity contribution >= 4 is 23.6 Å². The van der Waals surface area contributed by atoms with E-state index in [1.165, 1.54) is 19.3 Å². The number of hydrogen-bond acceptors (Lipinski definition) is 5. The molecule has 6 nitrogen and oxygen atoms in total. The van der Waals surface area contributed by atoms with Crippen molar-refractivity contribution in [1.29, 1.82) is 0 Å². The summed E-state index contributed by atoms with van der Waals surface area (Å²) < 4.78 is 0. The van der Waals surface area contributed by atoms with E-state index in [1.54, 1.807) is 17.8 Å². The van der Waals surface area contributed by atoms with Crippen molar-refractivity contribution < 1.29 is 19.8 Å². The van der Waals surface area contributed by atoms with E-state index >= 15 is 0 Å². The highest BCUT2D eigenvalue weighted by atomic mass is 32.2. The first kappa shape index (κ1) is 27.2. The van der Waals surface area contributed by atoms with Gasteiger partial charge in [-0.2, -0.15) is 11.8 Å². The van der Waals surface area contributed by atoms with Crippen LogP contribution in [0.2, 0.25) is 0 Å². The highest BCUT2D eigenvalue weighted by Gasteiger charge is 2.24. The number of carbonyl (C=O) groups excluding carboxylic acids is 1. The number of amides is 1. The average molecular weight is 499 g/mol. The number of benzene rings is 2. The van der Waals surface area contributed by atoms with E-state index in [2.05, 4.69) is 10.6 Å². The van der Waals surface area contributed by atoms with Gasteiger partial charge in [-0.3, -0.25) is 4.79 Å². The molecule has 0 bridgehead atoms. The first-order chi connectivity index (χ1) is 16.9. The first-order valence-electron chi connectivity index (χ1n) is 12.5. The molecule has 2 atom stereocenters. The van der Waals surface area contributed by atoms with Gasteiger partial charge >= 0.3 is 5.97 Å². The molecule has 0 radical (unpaired) electrons. The van der Waals surface area contributed by atoms with Gasteiger partial charge in [0.05, 0.1) is 6.61 Å². The Morgan fingerprint density at radius 3 is 2.49 bits per heavy atom. The molecular weight excluding hydrogens is 460 g/mol. The van der Waals surface area contributed by atoms with Crippen LogP contribution in [-0.4, -0.2) is 52.8 Å². The second-order valence-electron chi connectivity index (χ2n) is 9.41. The van der Waals surface area contributed by atoms with E-state index < -0.39 is 12.0 Å². The molecule has 1 amide bonds. The van der Waals surface area contributed by atoms with E-state index in [-0.39, 0.29) is 18.6 Å². The molecule has 3 rings (SSSR count). The smallest absolute Gasteiger partial charge is 0.326 e. The van der Waals surface area contributed by atoms with Crippen LogP contribution in [0.1, 0.15) is 60.0 Å². The molecular formula is C28H38N2O4S. The summed E-state index contributed by atoms with van der Waals surface area (Å²) in [5.41, 5.74) is 4.25. The summed E-state index contributed by atoms with van der Waals surface area (Å²) in [5.74, 6) is -0.265. The molecule has 1 aliphatic carbocycles. The zero-order chi connectivity index (χ0) is 25.2. The minimum atomic E-state index is -1.02. The third-order valence-electron chi connectivity index (χ3n) is 6.96. The standard InChI is InChI=1S/C28H38N2O4S/c1-19-8-6-7-11-22(19)24-16-20(17-29-26(18-31)21-9-4-3-5-10-21)12-13-23(24)27(32)30-25(28(33)34)14-15-35-2/h6-8,11-13,16,21,25-26,29,31H,3-5,9-10,14-15,17-18H2,1-2H3,(H,30,32)(H,33,34)/t25-,26-/m0/s1. The van der Waals surface area contributed by atoms with Crippen LogP contribution in [0.5, 0.6) is 0 Å². The lowest BCUT2D eigenvalue weighted by Gasteiger charge is -2.30. The summed E-state index contributed by atoms with van der Waals surface area (Å²) in [6.45, 7) is 2.71. The number of aliphatic carboxylic acids is 1. The maximum Gasteiger partial charge on any atom is 0.326 e. The highest BCUT2D eigenvalue weighted by molar-refractivity contribution is 7.98. The lowest BCUT2D eigenvalue weighted by molar-refractivity contribution is -0.139. The molecule has 2 aromatic carbocycles. The normalized spacial score (nSPS) is 16.0. The van der Waals surface area contributed by atoms with Gasteiger partial charge in [0.1, 0.15) is 6.04 Å². The van der Waals surface area contributed by atoms with Crippen LogP contribution >= 0.6 is 11.8 Å². The quantitative estimate of drug-likeness (QED) is 0.341. The van der Waals surface area contributed by atoms with Gasteiger partial charge in [-0.15, -0.1) is 0 Å². The van der Waals surface area contributed by atoms with Crippen molar-refractivity contribution in [2.24, 2.45) is 5.92 Å². The van der Waals surface area contributed by atoms with Crippen LogP contribution in [0.3, 0.4) is 0 Å². The Kier molecular flexibility index (Phi) is 10.6. The maximum absolute atomic E-state index is 13.2. The fraction of sp³-hybridized carbons (Fsp3) is 0.500. The van der Waals surface area contributed by atoms with E-state index in [0.717, 1.165) is 35.1 Å². The van der Waals surface area contributed by atoms with Crippen LogP contribution in [0.25, 0.3) is 11.1 Å². The van der Waals surface area contributed by atoms with Crippen LogP contribution in [-0.2, 0) is 11.3 Å². The monoisotopic (exact) mass is 498 g/mol. The number of aliphatic hydroxyl groups is 1. The lowest BCUT2D eigenvalue weighted by atomic mass is 9.84. The minimum Gasteiger partial charge on any atom is -0.480 e. The molecule has 0 aliphatic heterocycles. The predicted octanol–water partition coefficient (Wildman–Crippen LogP) is 4.63. The van der Waals surface area contributed by atoms with Gasteiger partial charge in [0, 0.05) is 18.2 Å². The fourth-order valence-electron chi connectivity index (χ4n) is 4.89. The number of nitrogens with one attached hydrogen (secondary N) is 2. The van der Waals surface area contributed by atoms with E-state index in [0.29, 0.717) is 30.2 Å². The van der Waals surface area contributed by atoms with Crippen LogP contribution in [0.4, 0.5) is 0 Å². The van der Waals surface area contributed by atoms with Gasteiger partial charge in [0.2, 0.25) is 0 Å². The lowest BCUT2D eigenvalue weighted by Crippen LogP contribution is -2.41. The number of carboxylic acid groups (broad SMARTS) is 1. The van der Waals surface area contributed by atoms with Gasteiger partial charge in [-0.25, -0.2) is 4.79 Å². The number of carbonyl (C=O) groups is 2. The zero-order valence-corrected chi connectivity index (χ0v) is 21.6. The predicted molar refractivity (Wildman–Crippen MR) is 143 cm³/mol. The van der Waals surface area contributed by atoms with Gasteiger partial charge in [-0.05, 0) is 78.5 Å². The Balaban J connectivity index is 1.85. The molecule has 4 N–H and O–H groups in total. The van der Waals surface area contributed by atoms with Crippen LogP contribution in [0.15, 0.2) is 42.5 Å². The maximum atomic E-state index is 13.2. The minimum absolute atomic E-state index is 0.0629. The zero-order valence-electron chi connectivity index (χ0n) is 20.8. The summed E-state index contributed by atoms with van der Waals surface area (Å²) >= 11 is 1.55. The first-order valence-corrected chi connectivity index (χ1v) is 13.9. The molecule has 1 aliphatic rings. The number of carboxylic acids is 1. The Morgan fingerprint density at radius 1 is 1.09 bits per heavy atom. The molecule has 35 heavy (non-hydrogen) atoms. The van der Waals surface area contributed by atoms with E-state index in [9.17, 15) is 19.8 Å². The van der Waals surface area contributed by atoms with Gasteiger partial charge in [0.15, 0.2) is 0 Å². The van der Waals surface area contributed by atoms with Gasteiger partial charge in [-0.1, -0.05) is 49.6 Å². The van der Waals surface area contributed by atoms with Crippen molar-refractivity contribution in [2.45, 2.75) is 64.1 Å². The molecule has 0 heterocycles. The number of rotatable bonds is 12. The molecule has 0 spiro atoms. The van der Waals surface area contributed by atoms with E-state index in [1.807, 2.05) is 49.6 Å². The molecule has 1 saturated carbocycles. The summed E-state index contributed by atoms with van der Waals surface area (Å²) in [5, 5.41) is 25.8. The Labute approximate surface area is 212 Å². The number of hydrogen-bond donors (Lipinski definition) is 4. The third-order valence-corrected chi connectivity index (χ3v) is 7.61. The second-order valence-corrected chi connectivity index (χ2v) is 10.4. The van der Waals surface area contributed by atoms with Crippen molar-refractivity contribution in [3.05, 3.63) is 59.2 Å². The fourth-order valence-corrected chi connectivity index (χ4v) is 5.36. The van der Waals surface area contributed by atoms with E-state index in [4.69, 9.17) is 0 Å². The summed E-state index contributed by atoms with van der Waals surface area (Å²) in [6, 6.07) is 12.7. The second kappa shape index (κ2) is 13.7. The van der Waals surface area contributed by atoms with Crippen molar-refractivity contribution in [2.75, 3.05) is 18.6 Å². The Hall–Kier alpha value is -2.35. The Bertz CT molecular complexity index is 991. The molecule has 0 saturated heterocycles. The van der Waals surface area contributed by atoms with Crippen molar-refractivity contribution in [3.8, 4) is 11.1 Å². The van der Waals surface area contributed by atoms with Crippen molar-refractivity contribution in [1.82, 2.24) is 10.6 Å². The van der Waals surface area contributed by atoms with Gasteiger partial charge in [0.25, 0.3) is 5.91 Å². The van der Waals surface area contributed by atoms with Crippen molar-refractivity contribution in [3.63, 3.8) is 0 Å². The largest absolute Gasteiger partial charge is 0.480 e. The average Bonchev–Trinajstić information content (AvgIpc) is 2.87. The number of aryl methyl sites for hydroxylation is 1. The molecule has 0 unspecified atom stereocenters. The SMILES string of the molecule is CSCC[C@H](NC(=O)c1ccc(CN[C@@H](CO)C2CCCCC2)cc1-c1ccccc1C)C(=O)O. The van der Waals surface area contributed by atoms with Crippen LogP contribution in [0, 0.1) is 12.8 Å². The molecule has 7 heteroatoms. The summed E-state index contributed by atoms with van der Waals surface area (Å²) in [7, 11) is 0. The molecule has 190 valence electrons. The topological polar surface area (TPSA) is 98.7 Å². The van der Waals surface area contributed by atoms with Crippen LogP contribution < -0.4 is 10.6 Å². The molecule has 1 fully saturated rings. The number of thioether (sulfide) groups is 1. The number of aliphatic hydroxyl groups excluding tert-OH is 1. The molecule has 2 aromatic rings. The van der Waals surface area contributed by atoms with Gasteiger partial charge < -0.3 is 20.8 Å². The Morgan fingerprint density at radius 2 is 1.83 bits per heavy atom. The summed E-state index contributed by atoms with van der Waals surface area (Å²) in [6.07, 6.45) is 8.29. The molecule has 0 aromatic heterocycles.